The van der Waals surface area contributed by atoms with Crippen molar-refractivity contribution in [3.05, 3.63) is 45.3 Å². The molecular weight excluding hydrogens is 413 g/mol. The fourth-order valence-corrected chi connectivity index (χ4v) is 5.17. The van der Waals surface area contributed by atoms with Gasteiger partial charge in [-0.3, -0.25) is 4.79 Å². The lowest BCUT2D eigenvalue weighted by molar-refractivity contribution is 0.0711. The number of aromatic nitrogens is 1. The lowest BCUT2D eigenvalue weighted by Gasteiger charge is -2.32. The van der Waals surface area contributed by atoms with Crippen LogP contribution in [0.25, 0.3) is 0 Å². The van der Waals surface area contributed by atoms with E-state index in [1.807, 2.05) is 0 Å². The fraction of sp³-hybridized carbons (Fsp3) is 0.412. The van der Waals surface area contributed by atoms with Crippen LogP contribution in [0.3, 0.4) is 0 Å². The average Bonchev–Trinajstić information content (AvgIpc) is 2.96. The van der Waals surface area contributed by atoms with Crippen LogP contribution in [-0.4, -0.2) is 43.5 Å². The number of carbonyl (C=O) groups excluding carboxylic acids is 1. The lowest BCUT2D eigenvalue weighted by atomic mass is 10.0. The standard InChI is InChI=1S/C17H19Cl2N3O4S/c1-10-16(11(2)26-20-10)27(24,25)21-13-5-7-22(8-6-13)17(23)14-9-12(18)3-4-15(14)19/h3-4,9,13,21H,5-8H2,1-2H3. The molecule has 146 valence electrons. The summed E-state index contributed by atoms with van der Waals surface area (Å²) in [4.78, 5) is 14.4. The minimum absolute atomic E-state index is 0.0757. The third-order valence-corrected chi connectivity index (χ3v) is 6.83. The van der Waals surface area contributed by atoms with Gasteiger partial charge in [0.2, 0.25) is 10.0 Å². The number of carbonyl (C=O) groups is 1. The SMILES string of the molecule is Cc1noc(C)c1S(=O)(=O)NC1CCN(C(=O)c2cc(Cl)ccc2Cl)CC1. The minimum Gasteiger partial charge on any atom is -0.360 e. The van der Waals surface area contributed by atoms with Gasteiger partial charge in [-0.05, 0) is 44.9 Å². The molecule has 1 fully saturated rings. The van der Waals surface area contributed by atoms with Crippen LogP contribution in [0.1, 0.15) is 34.7 Å². The number of amides is 1. The quantitative estimate of drug-likeness (QED) is 0.801. The Kier molecular flexibility index (Phi) is 5.81. The minimum atomic E-state index is -3.73. The first-order valence-corrected chi connectivity index (χ1v) is 10.6. The van der Waals surface area contributed by atoms with Gasteiger partial charge >= 0.3 is 0 Å². The maximum atomic E-state index is 12.7. The van der Waals surface area contributed by atoms with E-state index in [0.717, 1.165) is 0 Å². The molecule has 1 aliphatic heterocycles. The molecule has 0 aliphatic carbocycles. The number of piperidine rings is 1. The van der Waals surface area contributed by atoms with Gasteiger partial charge in [0.1, 0.15) is 10.6 Å². The molecule has 1 aliphatic rings. The summed E-state index contributed by atoms with van der Waals surface area (Å²) in [5.41, 5.74) is 0.669. The fourth-order valence-electron chi connectivity index (χ4n) is 3.17. The molecule has 0 radical (unpaired) electrons. The second kappa shape index (κ2) is 7.79. The van der Waals surface area contributed by atoms with Gasteiger partial charge in [0.05, 0.1) is 10.6 Å². The van der Waals surface area contributed by atoms with E-state index in [1.54, 1.807) is 36.9 Å². The van der Waals surface area contributed by atoms with Crippen molar-refractivity contribution >= 4 is 39.1 Å². The van der Waals surface area contributed by atoms with E-state index in [4.69, 9.17) is 27.7 Å². The van der Waals surface area contributed by atoms with Gasteiger partial charge in [0, 0.05) is 24.2 Å². The number of aryl methyl sites for hydroxylation is 2. The third-order valence-electron chi connectivity index (χ3n) is 4.50. The Morgan fingerprint density at radius 3 is 2.52 bits per heavy atom. The molecule has 1 amide bonds. The van der Waals surface area contributed by atoms with E-state index >= 15 is 0 Å². The molecule has 1 aromatic carbocycles. The van der Waals surface area contributed by atoms with E-state index in [0.29, 0.717) is 47.2 Å². The zero-order chi connectivity index (χ0) is 19.8. The van der Waals surface area contributed by atoms with Gasteiger partial charge in [-0.1, -0.05) is 28.4 Å². The maximum Gasteiger partial charge on any atom is 0.255 e. The Labute approximate surface area is 167 Å². The Hall–Kier alpha value is -1.61. The summed E-state index contributed by atoms with van der Waals surface area (Å²) in [6.07, 6.45) is 0.985. The summed E-state index contributed by atoms with van der Waals surface area (Å²) in [7, 11) is -3.73. The number of halogens is 2. The van der Waals surface area contributed by atoms with E-state index in [9.17, 15) is 13.2 Å². The number of nitrogens with one attached hydrogen (secondary N) is 1. The van der Waals surface area contributed by atoms with Crippen molar-refractivity contribution < 1.29 is 17.7 Å². The highest BCUT2D eigenvalue weighted by molar-refractivity contribution is 7.89. The molecule has 0 saturated carbocycles. The molecule has 2 heterocycles. The van der Waals surface area contributed by atoms with Gasteiger partial charge in [0.25, 0.3) is 5.91 Å². The topological polar surface area (TPSA) is 92.5 Å². The van der Waals surface area contributed by atoms with Crippen molar-refractivity contribution in [2.45, 2.75) is 37.6 Å². The van der Waals surface area contributed by atoms with Gasteiger partial charge in [-0.25, -0.2) is 13.1 Å². The first-order chi connectivity index (χ1) is 12.7. The van der Waals surface area contributed by atoms with Crippen LogP contribution in [0.4, 0.5) is 0 Å². The first-order valence-electron chi connectivity index (χ1n) is 8.38. The van der Waals surface area contributed by atoms with E-state index in [2.05, 4.69) is 9.88 Å². The summed E-state index contributed by atoms with van der Waals surface area (Å²) in [6.45, 7) is 3.97. The Balaban J connectivity index is 1.65. The van der Waals surface area contributed by atoms with Crippen molar-refractivity contribution in [3.63, 3.8) is 0 Å². The Morgan fingerprint density at radius 2 is 1.93 bits per heavy atom. The molecule has 10 heteroatoms. The van der Waals surface area contributed by atoms with Gasteiger partial charge in [-0.2, -0.15) is 0 Å². The Morgan fingerprint density at radius 1 is 1.26 bits per heavy atom. The second-order valence-corrected chi connectivity index (χ2v) is 8.96. The van der Waals surface area contributed by atoms with Crippen LogP contribution >= 0.6 is 23.2 Å². The van der Waals surface area contributed by atoms with Gasteiger partial charge in [-0.15, -0.1) is 0 Å². The second-order valence-electron chi connectivity index (χ2n) is 6.47. The van der Waals surface area contributed by atoms with E-state index in [1.165, 1.54) is 0 Å². The molecule has 1 N–H and O–H groups in total. The number of rotatable bonds is 4. The van der Waals surface area contributed by atoms with Crippen LogP contribution in [0.5, 0.6) is 0 Å². The number of benzene rings is 1. The Bertz CT molecular complexity index is 947. The molecule has 27 heavy (non-hydrogen) atoms. The maximum absolute atomic E-state index is 12.7. The predicted molar refractivity (Wildman–Crippen MR) is 102 cm³/mol. The van der Waals surface area contributed by atoms with Crippen LogP contribution in [0.2, 0.25) is 10.0 Å². The lowest BCUT2D eigenvalue weighted by Crippen LogP contribution is -2.46. The van der Waals surface area contributed by atoms with Gasteiger partial charge < -0.3 is 9.42 Å². The summed E-state index contributed by atoms with van der Waals surface area (Å²) >= 11 is 12.1. The third kappa shape index (κ3) is 4.29. The summed E-state index contributed by atoms with van der Waals surface area (Å²) in [5, 5.41) is 4.46. The van der Waals surface area contributed by atoms with E-state index < -0.39 is 10.0 Å². The summed E-state index contributed by atoms with van der Waals surface area (Å²) < 4.78 is 32.8. The molecule has 0 bridgehead atoms. The van der Waals surface area contributed by atoms with E-state index in [-0.39, 0.29) is 22.6 Å². The highest BCUT2D eigenvalue weighted by atomic mass is 35.5. The van der Waals surface area contributed by atoms with Crippen molar-refractivity contribution in [1.82, 2.24) is 14.8 Å². The van der Waals surface area contributed by atoms with Crippen molar-refractivity contribution in [1.29, 1.82) is 0 Å². The molecule has 7 nitrogen and oxygen atoms in total. The molecule has 3 rings (SSSR count). The van der Waals surface area contributed by atoms with Crippen LogP contribution in [0, 0.1) is 13.8 Å². The molecule has 1 aromatic heterocycles. The van der Waals surface area contributed by atoms with Gasteiger partial charge in [0.15, 0.2) is 5.76 Å². The normalized spacial score (nSPS) is 15.9. The summed E-state index contributed by atoms with van der Waals surface area (Å²) in [5.74, 6) is 0.0396. The van der Waals surface area contributed by atoms with Crippen molar-refractivity contribution in [3.8, 4) is 0 Å². The van der Waals surface area contributed by atoms with Crippen LogP contribution in [-0.2, 0) is 10.0 Å². The largest absolute Gasteiger partial charge is 0.360 e. The van der Waals surface area contributed by atoms with Crippen molar-refractivity contribution in [2.24, 2.45) is 0 Å². The number of nitrogens with zero attached hydrogens (tertiary/aromatic N) is 2. The predicted octanol–water partition coefficient (Wildman–Crippen LogP) is 3.18. The molecule has 0 spiro atoms. The molecule has 1 saturated heterocycles. The highest BCUT2D eigenvalue weighted by Crippen LogP contribution is 2.25. The smallest absolute Gasteiger partial charge is 0.255 e. The number of hydrogen-bond donors (Lipinski definition) is 1. The zero-order valence-corrected chi connectivity index (χ0v) is 17.2. The number of likely N-dealkylation sites (tertiary alicyclic amines) is 1. The molecular formula is C17H19Cl2N3O4S. The molecule has 0 unspecified atom stereocenters. The zero-order valence-electron chi connectivity index (χ0n) is 14.8. The highest BCUT2D eigenvalue weighted by Gasteiger charge is 2.30. The molecule has 0 atom stereocenters. The monoisotopic (exact) mass is 431 g/mol. The average molecular weight is 432 g/mol. The van der Waals surface area contributed by atoms with Crippen LogP contribution in [0.15, 0.2) is 27.6 Å². The molecule has 2 aromatic rings. The first kappa shape index (κ1) is 20.1. The van der Waals surface area contributed by atoms with Crippen molar-refractivity contribution in [2.75, 3.05) is 13.1 Å². The van der Waals surface area contributed by atoms with Crippen LogP contribution < -0.4 is 4.72 Å². The number of hydrogen-bond acceptors (Lipinski definition) is 5. The summed E-state index contributed by atoms with van der Waals surface area (Å²) in [6, 6.07) is 4.47. The number of sulfonamides is 1.